The quantitative estimate of drug-likeness (QED) is 0.608. The molecule has 0 atom stereocenters. The van der Waals surface area contributed by atoms with E-state index in [0.717, 1.165) is 0 Å². The molecule has 0 radical (unpaired) electrons. The molecule has 6 heavy (non-hydrogen) atoms. The second kappa shape index (κ2) is 4.28. The first kappa shape index (κ1) is 7.12. The summed E-state index contributed by atoms with van der Waals surface area (Å²) in [4.78, 5) is 0. The molecule has 0 saturated carbocycles. The third-order valence-corrected chi connectivity index (χ3v) is 1.57. The Morgan fingerprint density at radius 2 is 2.33 bits per heavy atom. The Morgan fingerprint density at radius 1 is 1.83 bits per heavy atom. The first-order chi connectivity index (χ1) is 2.77. The van der Waals surface area contributed by atoms with E-state index >= 15 is 0 Å². The average molecular weight is 422 g/mol. The van der Waals surface area contributed by atoms with Crippen LogP contribution >= 0.6 is 0 Å². The summed E-state index contributed by atoms with van der Waals surface area (Å²) in [7, 11) is 0. The molecule has 0 aliphatic carbocycles. The second-order valence-corrected chi connectivity index (χ2v) is 4.77. The van der Waals surface area contributed by atoms with Crippen LogP contribution in [0, 0.1) is 0 Å². The van der Waals surface area contributed by atoms with E-state index in [-0.39, 0.29) is 0 Å². The van der Waals surface area contributed by atoms with Crippen molar-refractivity contribution in [1.82, 2.24) is 0 Å². The van der Waals surface area contributed by atoms with Gasteiger partial charge in [0, 0.05) is 0 Å². The minimum atomic E-state index is 1.24. The van der Waals surface area contributed by atoms with E-state index in [1.165, 1.54) is 6.42 Å². The molecule has 0 saturated heterocycles. The van der Waals surface area contributed by atoms with E-state index in [0.29, 0.717) is 0 Å². The Kier molecular flexibility index (Phi) is 5.08. The van der Waals surface area contributed by atoms with Crippen molar-refractivity contribution in [2.24, 2.45) is 0 Å². The van der Waals surface area contributed by atoms with Gasteiger partial charge in [-0.1, -0.05) is 0 Å². The minimum absolute atomic E-state index is 1.24. The fraction of sp³-hybridized carbons (Fsp3) is 0.500. The molecule has 0 unspecified atom stereocenters. The molecular formula is C4H6W2. The van der Waals surface area contributed by atoms with Gasteiger partial charge < -0.3 is 0 Å². The number of rotatable bonds is 2. The first-order valence-corrected chi connectivity index (χ1v) is 4.86. The third kappa shape index (κ3) is 5.12. The van der Waals surface area contributed by atoms with E-state index < -0.39 is 0 Å². The predicted molar refractivity (Wildman–Crippen MR) is 21.4 cm³/mol. The normalized spacial score (nSPS) is 7.50. The van der Waals surface area contributed by atoms with Crippen LogP contribution in [-0.2, 0) is 38.7 Å². The van der Waals surface area contributed by atoms with E-state index in [2.05, 4.69) is 11.3 Å². The maximum atomic E-state index is 2.27. The van der Waals surface area contributed by atoms with Gasteiger partial charge in [-0.3, -0.25) is 0 Å². The van der Waals surface area contributed by atoms with Gasteiger partial charge in [0.1, 0.15) is 0 Å². The van der Waals surface area contributed by atoms with Gasteiger partial charge >= 0.3 is 60.4 Å². The molecule has 0 heterocycles. The van der Waals surface area contributed by atoms with Gasteiger partial charge in [0.25, 0.3) is 0 Å². The summed E-state index contributed by atoms with van der Waals surface area (Å²) in [6.45, 7) is 2.19. The zero-order chi connectivity index (χ0) is 4.99. The van der Waals surface area contributed by atoms with Crippen molar-refractivity contribution in [3.8, 4) is 0 Å². The van der Waals surface area contributed by atoms with Crippen LogP contribution in [0.3, 0.4) is 0 Å². The van der Waals surface area contributed by atoms with Gasteiger partial charge in [0.2, 0.25) is 0 Å². The van der Waals surface area contributed by atoms with E-state index in [1.54, 1.807) is 42.6 Å². The standard InChI is InChI=1S/C4H6.2W/c1-3-4-2;;/h1H,3H2,2H3;;. The van der Waals surface area contributed by atoms with Crippen molar-refractivity contribution in [2.45, 2.75) is 13.3 Å². The van der Waals surface area contributed by atoms with Crippen LogP contribution in [0.5, 0.6) is 0 Å². The van der Waals surface area contributed by atoms with Crippen LogP contribution in [-0.4, -0.2) is 8.30 Å². The molecule has 0 N–H and O–H groups in total. The van der Waals surface area contributed by atoms with E-state index in [4.69, 9.17) is 0 Å². The molecule has 0 bridgehead atoms. The van der Waals surface area contributed by atoms with Crippen LogP contribution < -0.4 is 0 Å². The molecule has 0 amide bonds. The van der Waals surface area contributed by atoms with E-state index in [9.17, 15) is 0 Å². The third-order valence-electron chi connectivity index (χ3n) is 0.371. The Balaban J connectivity index is 3.05. The molecule has 2 heteroatoms. The Bertz CT molecular complexity index is 65.9. The summed E-state index contributed by atoms with van der Waals surface area (Å²) in [5.41, 5.74) is 0. The molecule has 0 aromatic rings. The second-order valence-electron chi connectivity index (χ2n) is 1.07. The van der Waals surface area contributed by atoms with Crippen LogP contribution in [0.2, 0.25) is 0 Å². The molecule has 34 valence electrons. The molecule has 0 aromatic carbocycles. The van der Waals surface area contributed by atoms with Crippen molar-refractivity contribution in [3.63, 3.8) is 0 Å². The Labute approximate surface area is 60.1 Å². The van der Waals surface area contributed by atoms with Gasteiger partial charge in [-0.05, 0) is 0 Å². The fourth-order valence-corrected chi connectivity index (χ4v) is 2.96. The van der Waals surface area contributed by atoms with Crippen molar-refractivity contribution in [1.29, 1.82) is 0 Å². The molecule has 0 spiro atoms. The van der Waals surface area contributed by atoms with Crippen LogP contribution in [0.1, 0.15) is 13.3 Å². The summed E-state index contributed by atoms with van der Waals surface area (Å²) in [6, 6.07) is 0. The monoisotopic (exact) mass is 422 g/mol. The van der Waals surface area contributed by atoms with Crippen molar-refractivity contribution < 1.29 is 38.7 Å². The molecule has 0 aromatic heterocycles. The van der Waals surface area contributed by atoms with Crippen LogP contribution in [0.15, 0.2) is 0 Å². The Morgan fingerprint density at radius 3 is 2.33 bits per heavy atom. The molecule has 0 rings (SSSR count). The van der Waals surface area contributed by atoms with Crippen LogP contribution in [0.25, 0.3) is 0 Å². The van der Waals surface area contributed by atoms with Gasteiger partial charge in [-0.25, -0.2) is 0 Å². The SMILES string of the molecule is C[C](=[W])C[CH]=[W]. The summed E-state index contributed by atoms with van der Waals surface area (Å²) in [5.74, 6) is 0. The van der Waals surface area contributed by atoms with Crippen molar-refractivity contribution in [2.75, 3.05) is 0 Å². The summed E-state index contributed by atoms with van der Waals surface area (Å²) in [5, 5.41) is 0. The number of hydrogen-bond acceptors (Lipinski definition) is 0. The summed E-state index contributed by atoms with van der Waals surface area (Å²) < 4.78 is 3.85. The molecular weight excluding hydrogens is 416 g/mol. The van der Waals surface area contributed by atoms with Crippen molar-refractivity contribution >= 4 is 8.30 Å². The zero-order valence-electron chi connectivity index (χ0n) is 3.60. The molecule has 0 nitrogen and oxygen atoms in total. The van der Waals surface area contributed by atoms with Gasteiger partial charge in [-0.2, -0.15) is 0 Å². The summed E-state index contributed by atoms with van der Waals surface area (Å²) >= 11 is 3.22. The average Bonchev–Trinajstić information content (AvgIpc) is 1.35. The summed E-state index contributed by atoms with van der Waals surface area (Å²) in [6.07, 6.45) is 1.24. The predicted octanol–water partition coefficient (Wildman–Crippen LogP) is 0.465. The van der Waals surface area contributed by atoms with Gasteiger partial charge in [0.05, 0.1) is 0 Å². The Hall–Kier alpha value is 1.12. The van der Waals surface area contributed by atoms with Gasteiger partial charge in [-0.15, -0.1) is 0 Å². The van der Waals surface area contributed by atoms with Crippen molar-refractivity contribution in [3.05, 3.63) is 0 Å². The van der Waals surface area contributed by atoms with Gasteiger partial charge in [0.15, 0.2) is 0 Å². The zero-order valence-corrected chi connectivity index (χ0v) is 9.47. The molecule has 0 aliphatic heterocycles. The maximum absolute atomic E-state index is 2.27. The molecule has 0 aliphatic rings. The van der Waals surface area contributed by atoms with E-state index in [1.807, 2.05) is 0 Å². The molecule has 0 fully saturated rings. The number of hydrogen-bond donors (Lipinski definition) is 0. The topological polar surface area (TPSA) is 0 Å². The fourth-order valence-electron chi connectivity index (χ4n) is 0.117. The van der Waals surface area contributed by atoms with Crippen LogP contribution in [0.4, 0.5) is 0 Å². The first-order valence-electron chi connectivity index (χ1n) is 1.70.